The number of H-pyrrole nitrogens is 1. The summed E-state index contributed by atoms with van der Waals surface area (Å²) in [5, 5.41) is 5.90. The monoisotopic (exact) mass is 306 g/mol. The number of nitrogen functional groups attached to an aromatic ring is 1. The van der Waals surface area contributed by atoms with E-state index in [2.05, 4.69) is 10.2 Å². The fourth-order valence-corrected chi connectivity index (χ4v) is 2.84. The van der Waals surface area contributed by atoms with E-state index in [4.69, 9.17) is 15.2 Å². The second kappa shape index (κ2) is 7.22. The molecule has 10 heteroatoms. The molecule has 20 heavy (non-hydrogen) atoms. The van der Waals surface area contributed by atoms with Crippen LogP contribution in [0.2, 0.25) is 0 Å². The summed E-state index contributed by atoms with van der Waals surface area (Å²) in [5.74, 6) is -0.731. The third-order valence-electron chi connectivity index (χ3n) is 2.41. The summed E-state index contributed by atoms with van der Waals surface area (Å²) in [6.07, 6.45) is 1.09. The summed E-state index contributed by atoms with van der Waals surface area (Å²) in [4.78, 5) is 11.3. The maximum absolute atomic E-state index is 12.4. The molecule has 1 aromatic rings. The van der Waals surface area contributed by atoms with Crippen LogP contribution in [0.3, 0.4) is 0 Å². The molecule has 0 atom stereocenters. The molecule has 0 radical (unpaired) electrons. The molecule has 0 aliphatic rings. The lowest BCUT2D eigenvalue weighted by Gasteiger charge is -2.20. The average molecular weight is 306 g/mol. The van der Waals surface area contributed by atoms with Gasteiger partial charge < -0.3 is 15.2 Å². The lowest BCUT2D eigenvalue weighted by Crippen LogP contribution is -2.38. The van der Waals surface area contributed by atoms with E-state index < -0.39 is 22.5 Å². The van der Waals surface area contributed by atoms with Crippen molar-refractivity contribution in [3.8, 4) is 0 Å². The van der Waals surface area contributed by atoms with Gasteiger partial charge in [0.2, 0.25) is 10.0 Å². The first kappa shape index (κ1) is 16.4. The van der Waals surface area contributed by atoms with Gasteiger partial charge in [-0.15, -0.1) is 0 Å². The summed E-state index contributed by atoms with van der Waals surface area (Å²) in [5.41, 5.74) is 5.51. The maximum atomic E-state index is 12.4. The molecule has 3 N–H and O–H groups in total. The summed E-state index contributed by atoms with van der Waals surface area (Å²) in [6, 6.07) is 0. The quantitative estimate of drug-likeness (QED) is 0.601. The number of nitrogens with two attached hydrogens (primary N) is 1. The molecular formula is C10H18N4O5S. The Kier molecular flexibility index (Phi) is 5.92. The number of rotatable bonds is 8. The predicted octanol–water partition coefficient (Wildman–Crippen LogP) is -0.808. The van der Waals surface area contributed by atoms with Gasteiger partial charge in [0.15, 0.2) is 0 Å². The molecule has 0 fully saturated rings. The Labute approximate surface area is 117 Å². The van der Waals surface area contributed by atoms with Gasteiger partial charge >= 0.3 is 5.97 Å². The minimum Gasteiger partial charge on any atom is -0.465 e. The zero-order valence-electron chi connectivity index (χ0n) is 11.3. The minimum atomic E-state index is -3.94. The highest BCUT2D eigenvalue weighted by Gasteiger charge is 2.29. The molecule has 0 aliphatic carbocycles. The highest BCUT2D eigenvalue weighted by Crippen LogP contribution is 2.19. The van der Waals surface area contributed by atoms with Crippen LogP contribution >= 0.6 is 0 Å². The Morgan fingerprint density at radius 1 is 1.55 bits per heavy atom. The third kappa shape index (κ3) is 3.92. The molecule has 0 bridgehead atoms. The van der Waals surface area contributed by atoms with E-state index in [1.54, 1.807) is 6.92 Å². The number of nitrogens with zero attached hydrogens (tertiary/aromatic N) is 2. The number of carbonyl (C=O) groups is 1. The van der Waals surface area contributed by atoms with Crippen LogP contribution < -0.4 is 5.73 Å². The fourth-order valence-electron chi connectivity index (χ4n) is 1.46. The van der Waals surface area contributed by atoms with Crippen molar-refractivity contribution in [2.45, 2.75) is 11.8 Å². The Morgan fingerprint density at radius 3 is 2.75 bits per heavy atom. The van der Waals surface area contributed by atoms with E-state index >= 15 is 0 Å². The van der Waals surface area contributed by atoms with Crippen LogP contribution in [0, 0.1) is 0 Å². The number of anilines is 1. The molecular weight excluding hydrogens is 288 g/mol. The first-order valence-electron chi connectivity index (χ1n) is 5.87. The van der Waals surface area contributed by atoms with E-state index in [-0.39, 0.29) is 30.5 Å². The van der Waals surface area contributed by atoms with Crippen molar-refractivity contribution >= 4 is 21.8 Å². The van der Waals surface area contributed by atoms with Crippen LogP contribution in [-0.4, -0.2) is 62.3 Å². The summed E-state index contributed by atoms with van der Waals surface area (Å²) < 4.78 is 35.3. The lowest BCUT2D eigenvalue weighted by molar-refractivity contribution is -0.143. The number of nitrogens with one attached hydrogen (secondary N) is 1. The van der Waals surface area contributed by atoms with Crippen LogP contribution in [0.25, 0.3) is 0 Å². The highest BCUT2D eigenvalue weighted by atomic mass is 32.2. The SMILES string of the molecule is CCOC(=O)CN(CCOC)S(=O)(=O)c1cn[nH]c1N. The largest absolute Gasteiger partial charge is 0.465 e. The number of aromatic nitrogens is 2. The molecule has 1 heterocycles. The number of hydrogen-bond donors (Lipinski definition) is 2. The van der Waals surface area contributed by atoms with Gasteiger partial charge in [0, 0.05) is 13.7 Å². The van der Waals surface area contributed by atoms with Crippen molar-refractivity contribution in [2.24, 2.45) is 0 Å². The number of sulfonamides is 1. The Hall–Kier alpha value is -1.65. The number of aromatic amines is 1. The number of methoxy groups -OCH3 is 1. The van der Waals surface area contributed by atoms with Gasteiger partial charge in [0.05, 0.1) is 19.4 Å². The molecule has 9 nitrogen and oxygen atoms in total. The molecule has 0 amide bonds. The minimum absolute atomic E-state index is 0.00225. The van der Waals surface area contributed by atoms with Gasteiger partial charge in [0.25, 0.3) is 0 Å². The topological polar surface area (TPSA) is 128 Å². The first-order chi connectivity index (χ1) is 9.43. The van der Waals surface area contributed by atoms with Gasteiger partial charge in [-0.05, 0) is 6.92 Å². The Bertz CT molecular complexity index is 542. The van der Waals surface area contributed by atoms with Crippen LogP contribution in [0.5, 0.6) is 0 Å². The van der Waals surface area contributed by atoms with E-state index in [0.717, 1.165) is 10.5 Å². The summed E-state index contributed by atoms with van der Waals surface area (Å²) >= 11 is 0. The summed E-state index contributed by atoms with van der Waals surface area (Å²) in [7, 11) is -2.51. The van der Waals surface area contributed by atoms with Crippen molar-refractivity contribution in [3.63, 3.8) is 0 Å². The molecule has 0 unspecified atom stereocenters. The molecule has 0 aliphatic heterocycles. The predicted molar refractivity (Wildman–Crippen MR) is 70.3 cm³/mol. The van der Waals surface area contributed by atoms with Gasteiger partial charge in [-0.25, -0.2) is 8.42 Å². The Balaban J connectivity index is 2.97. The third-order valence-corrected chi connectivity index (χ3v) is 4.28. The molecule has 1 rings (SSSR count). The smallest absolute Gasteiger partial charge is 0.321 e. The number of esters is 1. The molecule has 0 saturated heterocycles. The number of carbonyl (C=O) groups excluding carboxylic acids is 1. The van der Waals surface area contributed by atoms with Crippen LogP contribution in [0.15, 0.2) is 11.1 Å². The molecule has 0 spiro atoms. The van der Waals surface area contributed by atoms with E-state index in [1.165, 1.54) is 7.11 Å². The first-order valence-corrected chi connectivity index (χ1v) is 7.31. The number of hydrogen-bond acceptors (Lipinski definition) is 7. The van der Waals surface area contributed by atoms with Gasteiger partial charge in [-0.1, -0.05) is 0 Å². The van der Waals surface area contributed by atoms with Crippen LogP contribution in [-0.2, 0) is 24.3 Å². The van der Waals surface area contributed by atoms with E-state index in [0.29, 0.717) is 0 Å². The van der Waals surface area contributed by atoms with Crippen molar-refractivity contribution < 1.29 is 22.7 Å². The van der Waals surface area contributed by atoms with Crippen molar-refractivity contribution in [1.29, 1.82) is 0 Å². The fraction of sp³-hybridized carbons (Fsp3) is 0.600. The molecule has 1 aromatic heterocycles. The number of ether oxygens (including phenoxy) is 2. The zero-order valence-corrected chi connectivity index (χ0v) is 12.1. The van der Waals surface area contributed by atoms with E-state index in [1.807, 2.05) is 0 Å². The van der Waals surface area contributed by atoms with Gasteiger partial charge in [0.1, 0.15) is 17.3 Å². The van der Waals surface area contributed by atoms with Gasteiger partial charge in [-0.2, -0.15) is 9.40 Å². The van der Waals surface area contributed by atoms with Crippen molar-refractivity contribution in [3.05, 3.63) is 6.20 Å². The normalized spacial score (nSPS) is 11.8. The van der Waals surface area contributed by atoms with Crippen LogP contribution in [0.1, 0.15) is 6.92 Å². The lowest BCUT2D eigenvalue weighted by atomic mass is 10.6. The van der Waals surface area contributed by atoms with Gasteiger partial charge in [-0.3, -0.25) is 9.89 Å². The second-order valence-electron chi connectivity index (χ2n) is 3.78. The molecule has 0 aromatic carbocycles. The average Bonchev–Trinajstić information content (AvgIpc) is 2.81. The molecule has 0 saturated carbocycles. The van der Waals surface area contributed by atoms with Crippen molar-refractivity contribution in [2.75, 3.05) is 39.1 Å². The standard InChI is InChI=1S/C10H18N4O5S/c1-3-19-9(15)7-14(4-5-18-2)20(16,17)8-6-12-13-10(8)11/h6H,3-5,7H2,1-2H3,(H3,11,12,13). The van der Waals surface area contributed by atoms with Crippen molar-refractivity contribution in [1.82, 2.24) is 14.5 Å². The highest BCUT2D eigenvalue weighted by molar-refractivity contribution is 7.89. The van der Waals surface area contributed by atoms with E-state index in [9.17, 15) is 13.2 Å². The summed E-state index contributed by atoms with van der Waals surface area (Å²) in [6.45, 7) is 1.54. The molecule has 114 valence electrons. The Morgan fingerprint density at radius 2 is 2.25 bits per heavy atom. The second-order valence-corrected chi connectivity index (χ2v) is 5.69. The van der Waals surface area contributed by atoms with Crippen LogP contribution in [0.4, 0.5) is 5.82 Å². The zero-order chi connectivity index (χ0) is 15.2. The maximum Gasteiger partial charge on any atom is 0.321 e.